The smallest absolute Gasteiger partial charge is 0.258 e. The molecule has 1 aromatic carbocycles. The van der Waals surface area contributed by atoms with Crippen molar-refractivity contribution in [1.82, 2.24) is 9.97 Å². The predicted octanol–water partition coefficient (Wildman–Crippen LogP) is 2.75. The molecule has 0 atom stereocenters. The number of carbonyl (C=O) groups excluding carboxylic acids is 1. The Balaban J connectivity index is 1.88. The molecule has 1 aliphatic rings. The van der Waals surface area contributed by atoms with E-state index in [-0.39, 0.29) is 0 Å². The molecule has 1 amide bonds. The second-order valence-corrected chi connectivity index (χ2v) is 5.13. The topological polar surface area (TPSA) is 58.1 Å². The zero-order chi connectivity index (χ0) is 16.4. The summed E-state index contributed by atoms with van der Waals surface area (Å²) in [5.74, 6) is -4.92. The molecule has 5 nitrogen and oxygen atoms in total. The average Bonchev–Trinajstić information content (AvgIpc) is 3.07. The molecule has 0 bridgehead atoms. The van der Waals surface area contributed by atoms with Crippen molar-refractivity contribution in [2.24, 2.45) is 0 Å². The fourth-order valence-corrected chi connectivity index (χ4v) is 2.48. The molecule has 1 aliphatic heterocycles. The van der Waals surface area contributed by atoms with Gasteiger partial charge in [0.15, 0.2) is 23.3 Å². The van der Waals surface area contributed by atoms with Crippen LogP contribution in [-0.4, -0.2) is 29.0 Å². The summed E-state index contributed by atoms with van der Waals surface area (Å²) in [5, 5.41) is 2.46. The lowest BCUT2D eigenvalue weighted by atomic mass is 10.2. The van der Waals surface area contributed by atoms with Crippen LogP contribution in [0.15, 0.2) is 24.7 Å². The lowest BCUT2D eigenvalue weighted by molar-refractivity contribution is 0.102. The molecule has 1 aromatic heterocycles. The van der Waals surface area contributed by atoms with Gasteiger partial charge in [0.1, 0.15) is 12.0 Å². The summed E-state index contributed by atoms with van der Waals surface area (Å²) in [7, 11) is 0. The molecular formula is C15H13F3N4O. The third kappa shape index (κ3) is 2.96. The van der Waals surface area contributed by atoms with Gasteiger partial charge < -0.3 is 10.2 Å². The maximum Gasteiger partial charge on any atom is 0.258 e. The van der Waals surface area contributed by atoms with E-state index in [0.717, 1.165) is 32.0 Å². The Labute approximate surface area is 130 Å². The summed E-state index contributed by atoms with van der Waals surface area (Å²) in [6.07, 6.45) is 4.75. The summed E-state index contributed by atoms with van der Waals surface area (Å²) >= 11 is 0. The number of nitrogens with zero attached hydrogens (tertiary/aromatic N) is 3. The minimum atomic E-state index is -1.68. The van der Waals surface area contributed by atoms with Crippen molar-refractivity contribution in [3.63, 3.8) is 0 Å². The molecule has 1 N–H and O–H groups in total. The number of amides is 1. The second-order valence-electron chi connectivity index (χ2n) is 5.13. The largest absolute Gasteiger partial charge is 0.355 e. The van der Waals surface area contributed by atoms with Crippen LogP contribution in [0.3, 0.4) is 0 Å². The molecule has 8 heteroatoms. The number of nitrogens with one attached hydrogen (secondary N) is 1. The van der Waals surface area contributed by atoms with Crippen LogP contribution in [-0.2, 0) is 0 Å². The number of hydrogen-bond donors (Lipinski definition) is 1. The highest BCUT2D eigenvalue weighted by molar-refractivity contribution is 6.05. The minimum Gasteiger partial charge on any atom is -0.355 e. The molecule has 0 unspecified atom stereocenters. The summed E-state index contributed by atoms with van der Waals surface area (Å²) < 4.78 is 39.9. The summed E-state index contributed by atoms with van der Waals surface area (Å²) in [6.45, 7) is 1.58. The molecule has 0 radical (unpaired) electrons. The molecule has 0 spiro atoms. The standard InChI is InChI=1S/C15H13F3N4O/c16-10-4-3-9(12(17)13(10)18)15(23)21-11-7-19-8-20-14(11)22-5-1-2-6-22/h3-4,7-8H,1-2,5-6H2,(H,21,23). The maximum atomic E-state index is 13.7. The molecular weight excluding hydrogens is 309 g/mol. The van der Waals surface area contributed by atoms with Crippen molar-refractivity contribution in [1.29, 1.82) is 0 Å². The van der Waals surface area contributed by atoms with Gasteiger partial charge in [-0.15, -0.1) is 0 Å². The fourth-order valence-electron chi connectivity index (χ4n) is 2.48. The monoisotopic (exact) mass is 322 g/mol. The van der Waals surface area contributed by atoms with Crippen LogP contribution >= 0.6 is 0 Å². The quantitative estimate of drug-likeness (QED) is 0.883. The van der Waals surface area contributed by atoms with Gasteiger partial charge in [-0.1, -0.05) is 0 Å². The first-order valence-corrected chi connectivity index (χ1v) is 7.07. The number of carbonyl (C=O) groups is 1. The van der Waals surface area contributed by atoms with E-state index in [2.05, 4.69) is 15.3 Å². The summed E-state index contributed by atoms with van der Waals surface area (Å²) in [4.78, 5) is 22.1. The van der Waals surface area contributed by atoms with Gasteiger partial charge in [0.25, 0.3) is 5.91 Å². The highest BCUT2D eigenvalue weighted by Crippen LogP contribution is 2.26. The third-order valence-corrected chi connectivity index (χ3v) is 3.62. The van der Waals surface area contributed by atoms with Crippen LogP contribution in [0.2, 0.25) is 0 Å². The summed E-state index contributed by atoms with van der Waals surface area (Å²) in [5.41, 5.74) is -0.288. The highest BCUT2D eigenvalue weighted by atomic mass is 19.2. The van der Waals surface area contributed by atoms with Gasteiger partial charge in [0.05, 0.1) is 11.8 Å². The number of aromatic nitrogens is 2. The van der Waals surface area contributed by atoms with E-state index in [1.54, 1.807) is 0 Å². The zero-order valence-corrected chi connectivity index (χ0v) is 12.0. The van der Waals surface area contributed by atoms with Gasteiger partial charge in [-0.25, -0.2) is 23.1 Å². The van der Waals surface area contributed by atoms with Gasteiger partial charge >= 0.3 is 0 Å². The Kier molecular flexibility index (Phi) is 4.14. The van der Waals surface area contributed by atoms with E-state index >= 15 is 0 Å². The molecule has 1 fully saturated rings. The van der Waals surface area contributed by atoms with Gasteiger partial charge in [0, 0.05) is 13.1 Å². The van der Waals surface area contributed by atoms with Crippen LogP contribution in [0.5, 0.6) is 0 Å². The Hall–Kier alpha value is -2.64. The number of hydrogen-bond acceptors (Lipinski definition) is 4. The number of benzene rings is 1. The Morgan fingerprint density at radius 3 is 2.61 bits per heavy atom. The fraction of sp³-hybridized carbons (Fsp3) is 0.267. The van der Waals surface area contributed by atoms with Gasteiger partial charge in [-0.2, -0.15) is 0 Å². The molecule has 2 heterocycles. The molecule has 3 rings (SSSR count). The Bertz CT molecular complexity index is 747. The lowest BCUT2D eigenvalue weighted by Gasteiger charge is -2.19. The van der Waals surface area contributed by atoms with Crippen molar-refractivity contribution >= 4 is 17.4 Å². The maximum absolute atomic E-state index is 13.7. The van der Waals surface area contributed by atoms with Crippen molar-refractivity contribution in [2.75, 3.05) is 23.3 Å². The normalized spacial score (nSPS) is 14.1. The van der Waals surface area contributed by atoms with Crippen molar-refractivity contribution in [2.45, 2.75) is 12.8 Å². The molecule has 1 saturated heterocycles. The number of anilines is 2. The van der Waals surface area contributed by atoms with Crippen LogP contribution in [0.4, 0.5) is 24.7 Å². The van der Waals surface area contributed by atoms with E-state index in [1.807, 2.05) is 4.90 Å². The average molecular weight is 322 g/mol. The SMILES string of the molecule is O=C(Nc1cncnc1N1CCCC1)c1ccc(F)c(F)c1F. The van der Waals surface area contributed by atoms with Crippen LogP contribution < -0.4 is 10.2 Å². The minimum absolute atomic E-state index is 0.295. The first-order valence-electron chi connectivity index (χ1n) is 7.07. The lowest BCUT2D eigenvalue weighted by Crippen LogP contribution is -2.23. The van der Waals surface area contributed by atoms with E-state index < -0.39 is 28.9 Å². The molecule has 2 aromatic rings. The molecule has 23 heavy (non-hydrogen) atoms. The first-order chi connectivity index (χ1) is 11.1. The Morgan fingerprint density at radius 2 is 1.87 bits per heavy atom. The summed E-state index contributed by atoms with van der Waals surface area (Å²) in [6, 6.07) is 1.60. The highest BCUT2D eigenvalue weighted by Gasteiger charge is 2.22. The van der Waals surface area contributed by atoms with Crippen molar-refractivity contribution in [3.05, 3.63) is 47.7 Å². The number of halogens is 3. The van der Waals surface area contributed by atoms with Crippen molar-refractivity contribution in [3.8, 4) is 0 Å². The van der Waals surface area contributed by atoms with Gasteiger partial charge in [-0.3, -0.25) is 4.79 Å². The van der Waals surface area contributed by atoms with Gasteiger partial charge in [0.2, 0.25) is 0 Å². The molecule has 0 saturated carbocycles. The Morgan fingerprint density at radius 1 is 1.13 bits per heavy atom. The van der Waals surface area contributed by atoms with Crippen LogP contribution in [0, 0.1) is 17.5 Å². The zero-order valence-electron chi connectivity index (χ0n) is 12.0. The van der Waals surface area contributed by atoms with Crippen LogP contribution in [0.1, 0.15) is 23.2 Å². The van der Waals surface area contributed by atoms with Crippen LogP contribution in [0.25, 0.3) is 0 Å². The molecule has 0 aliphatic carbocycles. The predicted molar refractivity (Wildman–Crippen MR) is 77.7 cm³/mol. The second kappa shape index (κ2) is 6.23. The van der Waals surface area contributed by atoms with Crippen molar-refractivity contribution < 1.29 is 18.0 Å². The number of rotatable bonds is 3. The van der Waals surface area contributed by atoms with E-state index in [9.17, 15) is 18.0 Å². The third-order valence-electron chi connectivity index (χ3n) is 3.62. The first kappa shape index (κ1) is 15.3. The van der Waals surface area contributed by atoms with E-state index in [4.69, 9.17) is 0 Å². The van der Waals surface area contributed by atoms with E-state index in [0.29, 0.717) is 17.6 Å². The molecule has 120 valence electrons. The van der Waals surface area contributed by atoms with Gasteiger partial charge in [-0.05, 0) is 25.0 Å². The van der Waals surface area contributed by atoms with E-state index in [1.165, 1.54) is 12.5 Å².